The molecule has 1 saturated carbocycles. The van der Waals surface area contributed by atoms with Gasteiger partial charge in [-0.05, 0) is 48.9 Å². The topological polar surface area (TPSA) is 58.2 Å². The van der Waals surface area contributed by atoms with Gasteiger partial charge in [0, 0.05) is 24.2 Å². The molecular weight excluding hydrogens is 252 g/mol. The van der Waals surface area contributed by atoms with E-state index in [-0.39, 0.29) is 17.9 Å². The first kappa shape index (κ1) is 14.6. The third-order valence-electron chi connectivity index (χ3n) is 3.77. The van der Waals surface area contributed by atoms with Gasteiger partial charge in [-0.2, -0.15) is 0 Å². The van der Waals surface area contributed by atoms with Crippen LogP contribution >= 0.6 is 0 Å². The van der Waals surface area contributed by atoms with Crippen molar-refractivity contribution in [2.45, 2.75) is 46.1 Å². The lowest BCUT2D eigenvalue weighted by Gasteiger charge is -2.18. The summed E-state index contributed by atoms with van der Waals surface area (Å²) >= 11 is 0. The molecule has 1 fully saturated rings. The van der Waals surface area contributed by atoms with Gasteiger partial charge in [-0.1, -0.05) is 13.8 Å². The first-order valence-corrected chi connectivity index (χ1v) is 7.04. The van der Waals surface area contributed by atoms with Crippen LogP contribution in [0.3, 0.4) is 0 Å². The second kappa shape index (κ2) is 5.65. The van der Waals surface area contributed by atoms with Gasteiger partial charge in [-0.15, -0.1) is 0 Å². The second-order valence-electron chi connectivity index (χ2n) is 6.34. The summed E-state index contributed by atoms with van der Waals surface area (Å²) in [6.45, 7) is 5.94. The Balaban J connectivity index is 1.94. The Bertz CT molecular complexity index is 506. The number of rotatable bonds is 3. The van der Waals surface area contributed by atoms with Crippen LogP contribution < -0.4 is 10.6 Å². The standard InChI is InChI=1S/C16H22N2O2/c1-11(19)17-13-6-4-12(5-7-13)15(20)18-14-8-9-16(2,3)10-14/h4-7,14H,8-10H2,1-3H3,(H,17,19)(H,18,20). The number of benzene rings is 1. The van der Waals surface area contributed by atoms with E-state index in [9.17, 15) is 9.59 Å². The van der Waals surface area contributed by atoms with Crippen molar-refractivity contribution in [1.82, 2.24) is 5.32 Å². The van der Waals surface area contributed by atoms with E-state index in [4.69, 9.17) is 0 Å². The highest BCUT2D eigenvalue weighted by molar-refractivity contribution is 5.95. The minimum absolute atomic E-state index is 0.0397. The molecule has 1 aliphatic rings. The van der Waals surface area contributed by atoms with Crippen molar-refractivity contribution in [2.24, 2.45) is 5.41 Å². The number of amides is 2. The largest absolute Gasteiger partial charge is 0.349 e. The van der Waals surface area contributed by atoms with Crippen molar-refractivity contribution in [3.8, 4) is 0 Å². The summed E-state index contributed by atoms with van der Waals surface area (Å²) in [5, 5.41) is 5.77. The highest BCUT2D eigenvalue weighted by Gasteiger charge is 2.31. The molecule has 1 aromatic carbocycles. The number of hydrogen-bond acceptors (Lipinski definition) is 2. The summed E-state index contributed by atoms with van der Waals surface area (Å²) in [5.41, 5.74) is 1.66. The Labute approximate surface area is 119 Å². The van der Waals surface area contributed by atoms with Crippen LogP contribution in [0.5, 0.6) is 0 Å². The molecule has 0 spiro atoms. The van der Waals surface area contributed by atoms with Gasteiger partial charge in [0.2, 0.25) is 5.91 Å². The fourth-order valence-corrected chi connectivity index (χ4v) is 2.74. The van der Waals surface area contributed by atoms with E-state index in [0.717, 1.165) is 19.3 Å². The summed E-state index contributed by atoms with van der Waals surface area (Å²) in [5.74, 6) is -0.155. The van der Waals surface area contributed by atoms with Crippen LogP contribution in [0.2, 0.25) is 0 Å². The predicted octanol–water partition coefficient (Wildman–Crippen LogP) is 2.95. The molecule has 0 heterocycles. The lowest BCUT2D eigenvalue weighted by molar-refractivity contribution is -0.114. The molecule has 0 radical (unpaired) electrons. The number of anilines is 1. The molecule has 1 aromatic rings. The predicted molar refractivity (Wildman–Crippen MR) is 79.6 cm³/mol. The highest BCUT2D eigenvalue weighted by atomic mass is 16.2. The van der Waals surface area contributed by atoms with E-state index in [1.807, 2.05) is 0 Å². The maximum absolute atomic E-state index is 12.1. The minimum Gasteiger partial charge on any atom is -0.349 e. The average Bonchev–Trinajstić information content (AvgIpc) is 2.68. The second-order valence-corrected chi connectivity index (χ2v) is 6.34. The SMILES string of the molecule is CC(=O)Nc1ccc(C(=O)NC2CCC(C)(C)C2)cc1. The average molecular weight is 274 g/mol. The zero-order valence-electron chi connectivity index (χ0n) is 12.3. The van der Waals surface area contributed by atoms with Gasteiger partial charge >= 0.3 is 0 Å². The number of nitrogens with one attached hydrogen (secondary N) is 2. The van der Waals surface area contributed by atoms with Gasteiger partial charge in [-0.25, -0.2) is 0 Å². The van der Waals surface area contributed by atoms with Crippen LogP contribution in [-0.2, 0) is 4.79 Å². The first-order chi connectivity index (χ1) is 9.35. The number of carbonyl (C=O) groups excluding carboxylic acids is 2. The van der Waals surface area contributed by atoms with Crippen LogP contribution in [0.1, 0.15) is 50.4 Å². The molecule has 0 saturated heterocycles. The maximum atomic E-state index is 12.1. The molecule has 1 atom stereocenters. The van der Waals surface area contributed by atoms with E-state index in [0.29, 0.717) is 16.7 Å². The highest BCUT2D eigenvalue weighted by Crippen LogP contribution is 2.36. The fraction of sp³-hybridized carbons (Fsp3) is 0.500. The van der Waals surface area contributed by atoms with Crippen LogP contribution in [0.4, 0.5) is 5.69 Å². The Hall–Kier alpha value is -1.84. The van der Waals surface area contributed by atoms with Crippen LogP contribution in [0, 0.1) is 5.41 Å². The van der Waals surface area contributed by atoms with Crippen LogP contribution in [0.15, 0.2) is 24.3 Å². The lowest BCUT2D eigenvalue weighted by atomic mass is 9.92. The zero-order valence-corrected chi connectivity index (χ0v) is 12.3. The van der Waals surface area contributed by atoms with E-state index in [1.165, 1.54) is 6.92 Å². The van der Waals surface area contributed by atoms with Crippen molar-refractivity contribution < 1.29 is 9.59 Å². The Morgan fingerprint density at radius 2 is 1.85 bits per heavy atom. The van der Waals surface area contributed by atoms with Crippen molar-refractivity contribution in [3.05, 3.63) is 29.8 Å². The maximum Gasteiger partial charge on any atom is 0.251 e. The summed E-state index contributed by atoms with van der Waals surface area (Å²) < 4.78 is 0. The van der Waals surface area contributed by atoms with E-state index in [1.54, 1.807) is 24.3 Å². The van der Waals surface area contributed by atoms with Gasteiger partial charge in [0.05, 0.1) is 0 Å². The summed E-state index contributed by atoms with van der Waals surface area (Å²) in [7, 11) is 0. The van der Waals surface area contributed by atoms with Crippen molar-refractivity contribution in [3.63, 3.8) is 0 Å². The number of hydrogen-bond donors (Lipinski definition) is 2. The van der Waals surface area contributed by atoms with Gasteiger partial charge in [0.25, 0.3) is 5.91 Å². The molecule has 1 unspecified atom stereocenters. The normalized spacial score (nSPS) is 20.4. The van der Waals surface area contributed by atoms with Crippen molar-refractivity contribution in [2.75, 3.05) is 5.32 Å². The molecule has 1 aliphatic carbocycles. The fourth-order valence-electron chi connectivity index (χ4n) is 2.74. The Morgan fingerprint density at radius 1 is 1.20 bits per heavy atom. The third kappa shape index (κ3) is 3.83. The first-order valence-electron chi connectivity index (χ1n) is 7.04. The molecule has 2 amide bonds. The van der Waals surface area contributed by atoms with Crippen LogP contribution in [0.25, 0.3) is 0 Å². The van der Waals surface area contributed by atoms with E-state index in [2.05, 4.69) is 24.5 Å². The molecule has 0 aromatic heterocycles. The molecular formula is C16H22N2O2. The molecule has 4 heteroatoms. The van der Waals surface area contributed by atoms with Crippen molar-refractivity contribution in [1.29, 1.82) is 0 Å². The van der Waals surface area contributed by atoms with Gasteiger partial charge in [-0.3, -0.25) is 9.59 Å². The smallest absolute Gasteiger partial charge is 0.251 e. The van der Waals surface area contributed by atoms with Gasteiger partial charge in [0.15, 0.2) is 0 Å². The molecule has 0 aliphatic heterocycles. The number of carbonyl (C=O) groups is 2. The van der Waals surface area contributed by atoms with E-state index >= 15 is 0 Å². The van der Waals surface area contributed by atoms with Crippen molar-refractivity contribution >= 4 is 17.5 Å². The van der Waals surface area contributed by atoms with E-state index < -0.39 is 0 Å². The summed E-state index contributed by atoms with van der Waals surface area (Å²) in [6.07, 6.45) is 3.23. The minimum atomic E-state index is -0.115. The Morgan fingerprint density at radius 3 is 2.35 bits per heavy atom. The van der Waals surface area contributed by atoms with Crippen LogP contribution in [-0.4, -0.2) is 17.9 Å². The molecule has 20 heavy (non-hydrogen) atoms. The Kier molecular flexibility index (Phi) is 4.12. The van der Waals surface area contributed by atoms with Gasteiger partial charge < -0.3 is 10.6 Å². The molecule has 2 N–H and O–H groups in total. The monoisotopic (exact) mass is 274 g/mol. The van der Waals surface area contributed by atoms with Gasteiger partial charge in [0.1, 0.15) is 0 Å². The molecule has 4 nitrogen and oxygen atoms in total. The lowest BCUT2D eigenvalue weighted by Crippen LogP contribution is -2.33. The molecule has 2 rings (SSSR count). The quantitative estimate of drug-likeness (QED) is 0.890. The third-order valence-corrected chi connectivity index (χ3v) is 3.77. The molecule has 0 bridgehead atoms. The zero-order chi connectivity index (χ0) is 14.8. The molecule has 108 valence electrons. The summed E-state index contributed by atoms with van der Waals surface area (Å²) in [6, 6.07) is 7.23. The summed E-state index contributed by atoms with van der Waals surface area (Å²) in [4.78, 5) is 23.1.